The Labute approximate surface area is 250 Å². The molecule has 0 aliphatic carbocycles. The molecule has 218 valence electrons. The Morgan fingerprint density at radius 3 is 0.750 bits per heavy atom. The van der Waals surface area contributed by atoms with E-state index < -0.39 is 49.7 Å². The van der Waals surface area contributed by atoms with Crippen LogP contribution in [0.3, 0.4) is 0 Å². The molecule has 0 spiro atoms. The van der Waals surface area contributed by atoms with Crippen LogP contribution in [0, 0.1) is 0 Å². The van der Waals surface area contributed by atoms with E-state index in [0.717, 1.165) is 5.19 Å². The monoisotopic (exact) mass is 640 g/mol. The zero-order valence-electron chi connectivity index (χ0n) is 27.2. The molecule has 0 unspecified atom stereocenters. The summed E-state index contributed by atoms with van der Waals surface area (Å²) < 4.78 is 14.1. The van der Waals surface area contributed by atoms with Gasteiger partial charge in [-0.05, 0) is 91.4 Å². The van der Waals surface area contributed by atoms with E-state index in [0.29, 0.717) is 0 Å². The highest BCUT2D eigenvalue weighted by Crippen LogP contribution is 2.18. The fraction of sp³-hybridized carbons (Fsp3) is 0.419. The third kappa shape index (κ3) is 8.02. The Balaban J connectivity index is 1.77. The Morgan fingerprint density at radius 1 is 0.350 bits per heavy atom. The lowest BCUT2D eigenvalue weighted by atomic mass is 10.4. The molecule has 0 aromatic heterocycles. The Hall–Kier alpha value is -1.16. The van der Waals surface area contributed by atoms with Crippen LogP contribution in [-0.2, 0) is 8.23 Å². The van der Waals surface area contributed by atoms with Crippen LogP contribution < -0.4 is 31.1 Å². The average molecular weight is 641 g/mol. The fourth-order valence-corrected chi connectivity index (χ4v) is 23.6. The fourth-order valence-electron chi connectivity index (χ4n) is 5.44. The second-order valence-electron chi connectivity index (χ2n) is 14.8. The van der Waals surface area contributed by atoms with Gasteiger partial charge in [0.15, 0.2) is 0 Å². The molecule has 0 saturated heterocycles. The van der Waals surface area contributed by atoms with Crippen molar-refractivity contribution >= 4 is 80.8 Å². The van der Waals surface area contributed by atoms with Crippen LogP contribution in [0.5, 0.6) is 0 Å². The van der Waals surface area contributed by atoms with Gasteiger partial charge in [-0.25, -0.2) is 0 Å². The summed E-state index contributed by atoms with van der Waals surface area (Å²) in [5.74, 6) is 0. The molecule has 0 radical (unpaired) electrons. The summed E-state index contributed by atoms with van der Waals surface area (Å²) >= 11 is 0. The number of rotatable bonds is 10. The van der Waals surface area contributed by atoms with Crippen molar-refractivity contribution in [2.24, 2.45) is 0 Å². The molecule has 0 amide bonds. The first kappa shape index (κ1) is 33.3. The highest BCUT2D eigenvalue weighted by atomic mass is 28.4. The molecule has 3 nitrogen and oxygen atoms in total. The van der Waals surface area contributed by atoms with Gasteiger partial charge in [-0.1, -0.05) is 97.6 Å². The first-order valence-corrected chi connectivity index (χ1v) is 32.6. The van der Waals surface area contributed by atoms with E-state index in [2.05, 4.69) is 145 Å². The van der Waals surface area contributed by atoms with Gasteiger partial charge >= 0.3 is 0 Å². The van der Waals surface area contributed by atoms with E-state index in [1.807, 2.05) is 13.1 Å². The van der Waals surface area contributed by atoms with Gasteiger partial charge in [0.25, 0.3) is 0 Å². The van der Waals surface area contributed by atoms with Crippen LogP contribution >= 0.6 is 0 Å². The predicted octanol–water partition coefficient (Wildman–Crippen LogP) is 4.72. The topological polar surface area (TPSA) is 38.7 Å². The molecule has 3 rings (SSSR count). The molecule has 0 atom stereocenters. The van der Waals surface area contributed by atoms with E-state index >= 15 is 0 Å². The normalized spacial score (nSPS) is 13.9. The molecule has 0 saturated carbocycles. The van der Waals surface area contributed by atoms with Gasteiger partial charge in [0, 0.05) is 0 Å². The van der Waals surface area contributed by atoms with E-state index in [9.17, 15) is 4.80 Å². The molecule has 0 heterocycles. The van der Waals surface area contributed by atoms with Crippen molar-refractivity contribution in [2.45, 2.75) is 85.1 Å². The maximum absolute atomic E-state index is 10.5. The predicted molar refractivity (Wildman–Crippen MR) is 192 cm³/mol. The van der Waals surface area contributed by atoms with Crippen LogP contribution in [0.4, 0.5) is 0 Å². The van der Waals surface area contributed by atoms with Gasteiger partial charge in [-0.2, -0.15) is 0 Å². The maximum Gasteiger partial charge on any atom is 0.213 e. The quantitative estimate of drug-likeness (QED) is 0.326. The lowest BCUT2D eigenvalue weighted by Crippen LogP contribution is -2.59. The van der Waals surface area contributed by atoms with E-state index in [1.54, 1.807) is 0 Å². The summed E-state index contributed by atoms with van der Waals surface area (Å²) in [5.41, 5.74) is 0. The third-order valence-corrected chi connectivity index (χ3v) is 26.9. The first-order valence-electron chi connectivity index (χ1n) is 14.5. The molecule has 40 heavy (non-hydrogen) atoms. The lowest BCUT2D eigenvalue weighted by molar-refractivity contribution is 0.568. The highest BCUT2D eigenvalue weighted by molar-refractivity contribution is 6.98. The summed E-state index contributed by atoms with van der Waals surface area (Å²) in [5, 5.41) is 7.87. The van der Waals surface area contributed by atoms with Crippen LogP contribution in [0.25, 0.3) is 0 Å². The van der Waals surface area contributed by atoms with Crippen molar-refractivity contribution in [1.29, 1.82) is 0 Å². The van der Waals surface area contributed by atoms with Gasteiger partial charge in [0.1, 0.15) is 0 Å². The van der Waals surface area contributed by atoms with Crippen LogP contribution in [0.2, 0.25) is 85.1 Å². The molecule has 0 aliphatic rings. The summed E-state index contributed by atoms with van der Waals surface area (Å²) in [7, 11) is -12.1. The van der Waals surface area contributed by atoms with E-state index in [-0.39, 0.29) is 0 Å². The SMILES string of the molecule is C[Si](C)(C)c1ccc([Si](C)(C)O[Si](C)(C)c2ccc([Si](C)(C)O[Si](C)(C)c3ccc([Si](C)(C)O)cc3)cc2)cc1. The summed E-state index contributed by atoms with van der Waals surface area (Å²) in [6, 6.07) is 27.1. The molecule has 0 fully saturated rings. The minimum Gasteiger partial charge on any atom is -0.449 e. The molecular weight excluding hydrogens is 589 g/mol. The standard InChI is InChI=1S/C31H52O3Si6/c1-35(2,3)26-14-18-28(19-15-26)37(6,7)33-39(10,11)30-22-24-31(25-23-30)40(12,13)34-38(8,9)29-20-16-27(17-21-29)36(4,5)32/h14-25,32H,1-13H3. The molecule has 3 aromatic rings. The van der Waals surface area contributed by atoms with Gasteiger partial charge in [-0.15, -0.1) is 0 Å². The second kappa shape index (κ2) is 11.5. The average Bonchev–Trinajstić information content (AvgIpc) is 2.82. The van der Waals surface area contributed by atoms with Crippen LogP contribution in [0.15, 0.2) is 72.8 Å². The molecule has 0 aliphatic heterocycles. The van der Waals surface area contributed by atoms with Crippen molar-refractivity contribution in [2.75, 3.05) is 0 Å². The maximum atomic E-state index is 10.5. The van der Waals surface area contributed by atoms with Gasteiger partial charge < -0.3 is 13.0 Å². The minimum absolute atomic E-state index is 1.07. The van der Waals surface area contributed by atoms with Crippen molar-refractivity contribution in [1.82, 2.24) is 0 Å². The first-order chi connectivity index (χ1) is 18.0. The Bertz CT molecular complexity index is 1180. The highest BCUT2D eigenvalue weighted by Gasteiger charge is 2.38. The number of benzene rings is 3. The number of hydrogen-bond donors (Lipinski definition) is 1. The van der Waals surface area contributed by atoms with Crippen molar-refractivity contribution < 1.29 is 13.0 Å². The van der Waals surface area contributed by atoms with E-state index in [1.165, 1.54) is 25.9 Å². The van der Waals surface area contributed by atoms with E-state index in [4.69, 9.17) is 8.23 Å². The molecule has 0 bridgehead atoms. The van der Waals surface area contributed by atoms with Gasteiger partial charge in [0.05, 0.1) is 8.07 Å². The molecule has 9 heteroatoms. The molecule has 1 N–H and O–H groups in total. The summed E-state index contributed by atoms with van der Waals surface area (Å²) in [4.78, 5) is 10.5. The summed E-state index contributed by atoms with van der Waals surface area (Å²) in [6.07, 6.45) is 0. The second-order valence-corrected chi connectivity index (χ2v) is 39.6. The van der Waals surface area contributed by atoms with Crippen LogP contribution in [0.1, 0.15) is 0 Å². The van der Waals surface area contributed by atoms with Gasteiger partial charge in [-0.3, -0.25) is 0 Å². The summed E-state index contributed by atoms with van der Waals surface area (Å²) in [6.45, 7) is 29.7. The van der Waals surface area contributed by atoms with Gasteiger partial charge in [0.2, 0.25) is 41.6 Å². The van der Waals surface area contributed by atoms with Crippen LogP contribution in [-0.4, -0.2) is 54.5 Å². The molecule has 3 aromatic carbocycles. The largest absolute Gasteiger partial charge is 0.449 e. The zero-order chi connectivity index (χ0) is 30.4. The molecular formula is C31H52O3Si6. The Kier molecular flexibility index (Phi) is 9.58. The van der Waals surface area contributed by atoms with Crippen molar-refractivity contribution in [3.63, 3.8) is 0 Å². The third-order valence-electron chi connectivity index (χ3n) is 8.03. The Morgan fingerprint density at radius 2 is 0.550 bits per heavy atom. The lowest BCUT2D eigenvalue weighted by Gasteiger charge is -2.36. The zero-order valence-corrected chi connectivity index (χ0v) is 33.2. The minimum atomic E-state index is -2.30. The van der Waals surface area contributed by atoms with Crippen molar-refractivity contribution in [3.8, 4) is 0 Å². The van der Waals surface area contributed by atoms with Crippen molar-refractivity contribution in [3.05, 3.63) is 72.8 Å². The smallest absolute Gasteiger partial charge is 0.213 e. The number of hydrogen-bond acceptors (Lipinski definition) is 3.